The molecular formula is C18H21N3O3. The number of carbonyl (C=O) groups excluding carboxylic acids is 2. The second kappa shape index (κ2) is 8.01. The topological polar surface area (TPSA) is 93.5 Å². The van der Waals surface area contributed by atoms with Gasteiger partial charge in [-0.05, 0) is 48.9 Å². The van der Waals surface area contributed by atoms with Crippen LogP contribution in [0.5, 0.6) is 5.75 Å². The first-order valence-electron chi connectivity index (χ1n) is 7.71. The van der Waals surface area contributed by atoms with E-state index >= 15 is 0 Å². The molecule has 2 aromatic carbocycles. The quantitative estimate of drug-likeness (QED) is 0.710. The van der Waals surface area contributed by atoms with Crippen LogP contribution in [0.25, 0.3) is 0 Å². The minimum absolute atomic E-state index is 0.146. The molecule has 0 spiro atoms. The molecule has 0 aliphatic carbocycles. The molecule has 0 bridgehead atoms. The summed E-state index contributed by atoms with van der Waals surface area (Å²) in [5.74, 6) is 0.164. The molecule has 2 aromatic rings. The molecule has 0 saturated heterocycles. The maximum Gasteiger partial charge on any atom is 0.255 e. The van der Waals surface area contributed by atoms with Gasteiger partial charge in [0.05, 0.1) is 12.3 Å². The van der Waals surface area contributed by atoms with Crippen LogP contribution in [0.4, 0.5) is 17.1 Å². The van der Waals surface area contributed by atoms with Crippen molar-refractivity contribution in [3.63, 3.8) is 0 Å². The maximum absolute atomic E-state index is 12.3. The highest BCUT2D eigenvalue weighted by Crippen LogP contribution is 2.23. The van der Waals surface area contributed by atoms with Crippen LogP contribution in [-0.2, 0) is 4.79 Å². The zero-order valence-electron chi connectivity index (χ0n) is 13.8. The van der Waals surface area contributed by atoms with E-state index in [9.17, 15) is 9.59 Å². The third-order valence-corrected chi connectivity index (χ3v) is 3.20. The van der Waals surface area contributed by atoms with Gasteiger partial charge in [0.1, 0.15) is 5.75 Å². The third kappa shape index (κ3) is 4.74. The van der Waals surface area contributed by atoms with Gasteiger partial charge in [0.15, 0.2) is 0 Å². The predicted molar refractivity (Wildman–Crippen MR) is 95.3 cm³/mol. The highest BCUT2D eigenvalue weighted by Gasteiger charge is 2.09. The second-order valence-corrected chi connectivity index (χ2v) is 5.31. The number of benzene rings is 2. The Morgan fingerprint density at radius 2 is 1.67 bits per heavy atom. The first kappa shape index (κ1) is 17.3. The number of amides is 2. The van der Waals surface area contributed by atoms with Gasteiger partial charge in [-0.2, -0.15) is 0 Å². The van der Waals surface area contributed by atoms with Crippen LogP contribution in [-0.4, -0.2) is 18.4 Å². The highest BCUT2D eigenvalue weighted by atomic mass is 16.5. The lowest BCUT2D eigenvalue weighted by molar-refractivity contribution is -0.114. The van der Waals surface area contributed by atoms with Gasteiger partial charge in [-0.15, -0.1) is 0 Å². The summed E-state index contributed by atoms with van der Waals surface area (Å²) < 4.78 is 5.49. The summed E-state index contributed by atoms with van der Waals surface area (Å²) in [7, 11) is 0. The van der Waals surface area contributed by atoms with Crippen molar-refractivity contribution in [3.8, 4) is 5.75 Å². The van der Waals surface area contributed by atoms with E-state index in [1.807, 2.05) is 6.92 Å². The normalized spacial score (nSPS) is 10.1. The molecule has 0 aliphatic rings. The largest absolute Gasteiger partial charge is 0.491 e. The number of hydrogen-bond donors (Lipinski definition) is 3. The van der Waals surface area contributed by atoms with Gasteiger partial charge >= 0.3 is 0 Å². The number of nitrogen functional groups attached to an aromatic ring is 1. The molecule has 6 nitrogen and oxygen atoms in total. The van der Waals surface area contributed by atoms with Crippen LogP contribution in [0.3, 0.4) is 0 Å². The zero-order valence-corrected chi connectivity index (χ0v) is 13.8. The lowest BCUT2D eigenvalue weighted by Gasteiger charge is -2.10. The number of hydrogen-bond acceptors (Lipinski definition) is 4. The monoisotopic (exact) mass is 327 g/mol. The van der Waals surface area contributed by atoms with Crippen LogP contribution < -0.4 is 21.1 Å². The van der Waals surface area contributed by atoms with Crippen molar-refractivity contribution >= 4 is 28.9 Å². The molecule has 24 heavy (non-hydrogen) atoms. The molecule has 0 heterocycles. The van der Waals surface area contributed by atoms with Gasteiger partial charge in [-0.25, -0.2) is 0 Å². The van der Waals surface area contributed by atoms with E-state index in [0.717, 1.165) is 6.42 Å². The Morgan fingerprint density at radius 1 is 1.04 bits per heavy atom. The first-order valence-corrected chi connectivity index (χ1v) is 7.71. The van der Waals surface area contributed by atoms with Crippen LogP contribution in [0, 0.1) is 0 Å². The minimum atomic E-state index is -0.268. The molecule has 0 fully saturated rings. The van der Waals surface area contributed by atoms with Crippen LogP contribution in [0.2, 0.25) is 0 Å². The molecule has 0 aromatic heterocycles. The van der Waals surface area contributed by atoms with Crippen molar-refractivity contribution in [3.05, 3.63) is 48.0 Å². The van der Waals surface area contributed by atoms with Gasteiger partial charge in [0.2, 0.25) is 5.91 Å². The molecule has 2 rings (SSSR count). The SMILES string of the molecule is CCCOc1ccc(C(=O)Nc2ccc(NC(C)=O)cc2)cc1N. The van der Waals surface area contributed by atoms with E-state index in [4.69, 9.17) is 10.5 Å². The Kier molecular flexibility index (Phi) is 5.78. The van der Waals surface area contributed by atoms with E-state index in [-0.39, 0.29) is 11.8 Å². The third-order valence-electron chi connectivity index (χ3n) is 3.20. The molecule has 0 unspecified atom stereocenters. The van der Waals surface area contributed by atoms with Crippen molar-refractivity contribution in [1.29, 1.82) is 0 Å². The Hall–Kier alpha value is -3.02. The van der Waals surface area contributed by atoms with Crippen molar-refractivity contribution in [2.45, 2.75) is 20.3 Å². The number of carbonyl (C=O) groups is 2. The number of nitrogens with one attached hydrogen (secondary N) is 2. The molecule has 0 atom stereocenters. The Balaban J connectivity index is 2.04. The van der Waals surface area contributed by atoms with Crippen molar-refractivity contribution in [2.75, 3.05) is 23.0 Å². The number of anilines is 3. The fraction of sp³-hybridized carbons (Fsp3) is 0.222. The molecule has 126 valence electrons. The zero-order chi connectivity index (χ0) is 17.5. The Bertz CT molecular complexity index is 727. The molecule has 0 aliphatic heterocycles. The summed E-state index contributed by atoms with van der Waals surface area (Å²) in [6.45, 7) is 4.03. The Labute approximate surface area is 141 Å². The molecule has 6 heteroatoms. The fourth-order valence-corrected chi connectivity index (χ4v) is 2.08. The van der Waals surface area contributed by atoms with E-state index in [1.54, 1.807) is 42.5 Å². The van der Waals surface area contributed by atoms with E-state index in [0.29, 0.717) is 35.0 Å². The average Bonchev–Trinajstić information content (AvgIpc) is 2.55. The summed E-state index contributed by atoms with van der Waals surface area (Å²) in [4.78, 5) is 23.3. The minimum Gasteiger partial charge on any atom is -0.491 e. The van der Waals surface area contributed by atoms with Crippen molar-refractivity contribution in [2.24, 2.45) is 0 Å². The maximum atomic E-state index is 12.3. The second-order valence-electron chi connectivity index (χ2n) is 5.31. The number of ether oxygens (including phenoxy) is 1. The standard InChI is InChI=1S/C18H21N3O3/c1-3-10-24-17-9-4-13(11-16(17)19)18(23)21-15-7-5-14(6-8-15)20-12(2)22/h4-9,11H,3,10,19H2,1-2H3,(H,20,22)(H,21,23). The number of nitrogens with two attached hydrogens (primary N) is 1. The van der Waals surface area contributed by atoms with Gasteiger partial charge < -0.3 is 21.1 Å². The van der Waals surface area contributed by atoms with Gasteiger partial charge in [-0.1, -0.05) is 6.92 Å². The van der Waals surface area contributed by atoms with Gasteiger partial charge in [0.25, 0.3) is 5.91 Å². The van der Waals surface area contributed by atoms with E-state index in [2.05, 4.69) is 10.6 Å². The summed E-state index contributed by atoms with van der Waals surface area (Å²) >= 11 is 0. The molecule has 0 saturated carbocycles. The Morgan fingerprint density at radius 3 is 2.21 bits per heavy atom. The van der Waals surface area contributed by atoms with Gasteiger partial charge in [-0.3, -0.25) is 9.59 Å². The van der Waals surface area contributed by atoms with Crippen LogP contribution >= 0.6 is 0 Å². The smallest absolute Gasteiger partial charge is 0.255 e. The summed E-state index contributed by atoms with van der Waals surface area (Å²) in [5.41, 5.74) is 8.08. The summed E-state index contributed by atoms with van der Waals surface area (Å²) in [5, 5.41) is 5.45. The van der Waals surface area contributed by atoms with Gasteiger partial charge in [0, 0.05) is 23.9 Å². The molecule has 0 radical (unpaired) electrons. The van der Waals surface area contributed by atoms with E-state index < -0.39 is 0 Å². The summed E-state index contributed by atoms with van der Waals surface area (Å²) in [6, 6.07) is 11.8. The van der Waals surface area contributed by atoms with Crippen molar-refractivity contribution in [1.82, 2.24) is 0 Å². The lowest BCUT2D eigenvalue weighted by Crippen LogP contribution is -2.13. The first-order chi connectivity index (χ1) is 11.5. The average molecular weight is 327 g/mol. The lowest BCUT2D eigenvalue weighted by atomic mass is 10.1. The molecule has 2 amide bonds. The van der Waals surface area contributed by atoms with Crippen LogP contribution in [0.1, 0.15) is 30.6 Å². The molecule has 4 N–H and O–H groups in total. The van der Waals surface area contributed by atoms with Crippen molar-refractivity contribution < 1.29 is 14.3 Å². The fourth-order valence-electron chi connectivity index (χ4n) is 2.08. The molecular weight excluding hydrogens is 306 g/mol. The number of rotatable bonds is 6. The van der Waals surface area contributed by atoms with E-state index in [1.165, 1.54) is 6.92 Å². The summed E-state index contributed by atoms with van der Waals surface area (Å²) in [6.07, 6.45) is 0.885. The highest BCUT2D eigenvalue weighted by molar-refractivity contribution is 6.05. The predicted octanol–water partition coefficient (Wildman–Crippen LogP) is 3.27. The van der Waals surface area contributed by atoms with Crippen LogP contribution in [0.15, 0.2) is 42.5 Å².